The van der Waals surface area contributed by atoms with Crippen molar-refractivity contribution in [2.75, 3.05) is 0 Å². The molecule has 192 valence electrons. The van der Waals surface area contributed by atoms with Crippen molar-refractivity contribution in [1.82, 2.24) is 24.8 Å². The van der Waals surface area contributed by atoms with Crippen molar-refractivity contribution in [3.8, 4) is 17.1 Å². The standard InChI is InChI=1S/C29H26ClN5O3/c30-23-24(29(25(23)36)12-2-1-3-13-29)33-22(28(37)38)16-18-8-10-20(11-9-18)35-26(19-6-4-14-31-17-19)34-21-7-5-15-32-27(21)35/h4-11,14-15,17,22,33H,1-3,12-13,16H2,(H,37,38)/t22-/m0/s1. The number of aromatic nitrogens is 4. The van der Waals surface area contributed by atoms with E-state index in [-0.39, 0.29) is 17.2 Å². The first-order chi connectivity index (χ1) is 18.5. The fourth-order valence-electron chi connectivity index (χ4n) is 5.66. The van der Waals surface area contributed by atoms with Crippen molar-refractivity contribution >= 4 is 34.5 Å². The molecule has 38 heavy (non-hydrogen) atoms. The highest BCUT2D eigenvalue weighted by Gasteiger charge is 2.54. The van der Waals surface area contributed by atoms with Crippen LogP contribution < -0.4 is 5.32 Å². The van der Waals surface area contributed by atoms with Crippen LogP contribution in [0.1, 0.15) is 37.7 Å². The lowest BCUT2D eigenvalue weighted by molar-refractivity contribution is -0.140. The number of Topliss-reactive ketones (excluding diaryl/α,β-unsaturated/α-hetero) is 1. The average Bonchev–Trinajstić information content (AvgIpc) is 3.35. The Balaban J connectivity index is 1.28. The smallest absolute Gasteiger partial charge is 0.326 e. The molecule has 0 aliphatic heterocycles. The first-order valence-corrected chi connectivity index (χ1v) is 13.1. The second-order valence-corrected chi connectivity index (χ2v) is 10.3. The number of carboxylic acids is 1. The number of halogens is 1. The number of hydrogen-bond acceptors (Lipinski definition) is 6. The van der Waals surface area contributed by atoms with E-state index >= 15 is 0 Å². The fourth-order valence-corrected chi connectivity index (χ4v) is 6.07. The number of carboxylic acid groups (broad SMARTS) is 1. The molecule has 8 nitrogen and oxygen atoms in total. The highest BCUT2D eigenvalue weighted by atomic mass is 35.5. The van der Waals surface area contributed by atoms with E-state index in [0.29, 0.717) is 5.70 Å². The quantitative estimate of drug-likeness (QED) is 0.346. The minimum atomic E-state index is -0.986. The summed E-state index contributed by atoms with van der Waals surface area (Å²) in [5.41, 5.74) is 4.01. The molecule has 2 aliphatic rings. The third-order valence-electron chi connectivity index (χ3n) is 7.63. The van der Waals surface area contributed by atoms with E-state index in [1.165, 1.54) is 0 Å². The largest absolute Gasteiger partial charge is 0.480 e. The Morgan fingerprint density at radius 3 is 2.55 bits per heavy atom. The number of nitrogens with one attached hydrogen (secondary N) is 1. The van der Waals surface area contributed by atoms with Crippen LogP contribution in [0.5, 0.6) is 0 Å². The maximum Gasteiger partial charge on any atom is 0.326 e. The molecule has 1 saturated carbocycles. The van der Waals surface area contributed by atoms with Crippen molar-refractivity contribution in [2.45, 2.75) is 44.6 Å². The number of pyridine rings is 2. The number of aliphatic carboxylic acids is 1. The van der Waals surface area contributed by atoms with Crippen molar-refractivity contribution in [1.29, 1.82) is 0 Å². The summed E-state index contributed by atoms with van der Waals surface area (Å²) >= 11 is 6.29. The van der Waals surface area contributed by atoms with Gasteiger partial charge in [0, 0.05) is 42.0 Å². The van der Waals surface area contributed by atoms with Gasteiger partial charge in [0.05, 0.1) is 5.41 Å². The second-order valence-electron chi connectivity index (χ2n) is 9.93. The summed E-state index contributed by atoms with van der Waals surface area (Å²) in [6.07, 6.45) is 9.86. The maximum atomic E-state index is 12.6. The SMILES string of the molecule is O=C(O)[C@H](Cc1ccc(-n2c(-c3cccnc3)nc3cccnc32)cc1)NC1=C(Cl)C(=O)C12CCCCC2. The van der Waals surface area contributed by atoms with Crippen LogP contribution in [0.4, 0.5) is 0 Å². The van der Waals surface area contributed by atoms with Gasteiger partial charge >= 0.3 is 5.97 Å². The van der Waals surface area contributed by atoms with Crippen molar-refractivity contribution in [3.63, 3.8) is 0 Å². The van der Waals surface area contributed by atoms with Gasteiger partial charge in [0.2, 0.25) is 0 Å². The van der Waals surface area contributed by atoms with Gasteiger partial charge in [-0.15, -0.1) is 0 Å². The molecule has 0 radical (unpaired) electrons. The van der Waals surface area contributed by atoms with Gasteiger partial charge in [-0.3, -0.25) is 14.3 Å². The first-order valence-electron chi connectivity index (χ1n) is 12.8. The molecule has 6 rings (SSSR count). The molecule has 0 unspecified atom stereocenters. The first kappa shape index (κ1) is 24.3. The number of allylic oxidation sites excluding steroid dienone is 2. The number of ketones is 1. The average molecular weight is 528 g/mol. The normalized spacial score (nSPS) is 17.4. The van der Waals surface area contributed by atoms with Crippen LogP contribution in [-0.4, -0.2) is 42.4 Å². The Labute approximate surface area is 224 Å². The molecule has 2 aliphatic carbocycles. The van der Waals surface area contributed by atoms with Gasteiger partial charge in [-0.1, -0.05) is 43.0 Å². The topological polar surface area (TPSA) is 110 Å². The summed E-state index contributed by atoms with van der Waals surface area (Å²) in [7, 11) is 0. The number of imidazole rings is 1. The molecule has 1 fully saturated rings. The number of hydrogen-bond donors (Lipinski definition) is 2. The lowest BCUT2D eigenvalue weighted by Gasteiger charge is -2.45. The van der Waals surface area contributed by atoms with E-state index in [1.54, 1.807) is 18.6 Å². The summed E-state index contributed by atoms with van der Waals surface area (Å²) in [4.78, 5) is 38.4. The fraction of sp³-hybridized carbons (Fsp3) is 0.276. The monoisotopic (exact) mass is 527 g/mol. The number of nitrogens with zero attached hydrogens (tertiary/aromatic N) is 4. The number of benzene rings is 1. The predicted molar refractivity (Wildman–Crippen MR) is 144 cm³/mol. The van der Waals surface area contributed by atoms with Crippen LogP contribution in [0, 0.1) is 5.41 Å². The van der Waals surface area contributed by atoms with Crippen molar-refractivity contribution in [2.24, 2.45) is 5.41 Å². The summed E-state index contributed by atoms with van der Waals surface area (Å²) in [6, 6.07) is 14.4. The summed E-state index contributed by atoms with van der Waals surface area (Å²) in [5, 5.41) is 13.3. The molecule has 1 aromatic carbocycles. The van der Waals surface area contributed by atoms with E-state index in [2.05, 4.69) is 15.3 Å². The summed E-state index contributed by atoms with van der Waals surface area (Å²) in [6.45, 7) is 0. The molecule has 0 bridgehead atoms. The zero-order valence-corrected chi connectivity index (χ0v) is 21.4. The number of rotatable bonds is 7. The van der Waals surface area contributed by atoms with Gasteiger partial charge in [-0.25, -0.2) is 14.8 Å². The lowest BCUT2D eigenvalue weighted by Crippen LogP contribution is -2.53. The molecular weight excluding hydrogens is 502 g/mol. The van der Waals surface area contributed by atoms with E-state index in [0.717, 1.165) is 65.9 Å². The molecule has 2 N–H and O–H groups in total. The number of carbonyl (C=O) groups excluding carboxylic acids is 1. The molecular formula is C29H26ClN5O3. The van der Waals surface area contributed by atoms with Gasteiger partial charge in [0.15, 0.2) is 11.4 Å². The minimum Gasteiger partial charge on any atom is -0.480 e. The van der Waals surface area contributed by atoms with Crippen LogP contribution in [0.3, 0.4) is 0 Å². The van der Waals surface area contributed by atoms with E-state index in [1.807, 2.05) is 53.1 Å². The molecule has 9 heteroatoms. The van der Waals surface area contributed by atoms with Crippen molar-refractivity contribution in [3.05, 3.63) is 83.4 Å². The number of fused-ring (bicyclic) bond motifs is 1. The zero-order valence-electron chi connectivity index (χ0n) is 20.6. The molecule has 1 spiro atoms. The Hall–Kier alpha value is -4.04. The number of carbonyl (C=O) groups is 2. The maximum absolute atomic E-state index is 12.6. The third kappa shape index (κ3) is 4.05. The van der Waals surface area contributed by atoms with Crippen molar-refractivity contribution < 1.29 is 14.7 Å². The highest BCUT2D eigenvalue weighted by molar-refractivity contribution is 6.47. The minimum absolute atomic E-state index is 0.0551. The van der Waals surface area contributed by atoms with Crippen LogP contribution in [0.25, 0.3) is 28.2 Å². The van der Waals surface area contributed by atoms with Gasteiger partial charge in [-0.05, 0) is 54.8 Å². The third-order valence-corrected chi connectivity index (χ3v) is 7.99. The predicted octanol–water partition coefficient (Wildman–Crippen LogP) is 5.05. The molecule has 3 aromatic heterocycles. The van der Waals surface area contributed by atoms with Gasteiger partial charge in [0.25, 0.3) is 0 Å². The van der Waals surface area contributed by atoms with E-state index in [4.69, 9.17) is 16.6 Å². The Kier molecular flexibility index (Phi) is 6.19. The lowest BCUT2D eigenvalue weighted by atomic mass is 9.62. The Morgan fingerprint density at radius 1 is 1.08 bits per heavy atom. The highest BCUT2D eigenvalue weighted by Crippen LogP contribution is 2.52. The molecule has 4 aromatic rings. The Morgan fingerprint density at radius 2 is 1.84 bits per heavy atom. The van der Waals surface area contributed by atoms with Gasteiger partial charge < -0.3 is 10.4 Å². The zero-order chi connectivity index (χ0) is 26.3. The van der Waals surface area contributed by atoms with E-state index in [9.17, 15) is 14.7 Å². The Bertz CT molecular complexity index is 1560. The second kappa shape index (κ2) is 9.68. The van der Waals surface area contributed by atoms with Gasteiger partial charge in [0.1, 0.15) is 22.4 Å². The molecule has 3 heterocycles. The van der Waals surface area contributed by atoms with E-state index < -0.39 is 17.4 Å². The molecule has 1 atom stereocenters. The van der Waals surface area contributed by atoms with Crippen LogP contribution in [0.2, 0.25) is 0 Å². The molecule has 0 amide bonds. The summed E-state index contributed by atoms with van der Waals surface area (Å²) in [5.74, 6) is -0.320. The summed E-state index contributed by atoms with van der Waals surface area (Å²) < 4.78 is 1.97. The van der Waals surface area contributed by atoms with Crippen LogP contribution in [-0.2, 0) is 16.0 Å². The van der Waals surface area contributed by atoms with Crippen LogP contribution >= 0.6 is 11.6 Å². The van der Waals surface area contributed by atoms with Gasteiger partial charge in [-0.2, -0.15) is 0 Å². The van der Waals surface area contributed by atoms with Crippen LogP contribution in [0.15, 0.2) is 77.9 Å². The molecule has 0 saturated heterocycles.